The van der Waals surface area contributed by atoms with Gasteiger partial charge in [-0.1, -0.05) is 11.2 Å². The van der Waals surface area contributed by atoms with Crippen LogP contribution in [0.2, 0.25) is 0 Å². The Morgan fingerprint density at radius 3 is 3.06 bits per heavy atom. The van der Waals surface area contributed by atoms with Crippen LogP contribution in [0.5, 0.6) is 0 Å². The largest absolute Gasteiger partial charge is 0.396 e. The van der Waals surface area contributed by atoms with Gasteiger partial charge in [-0.05, 0) is 12.1 Å². The van der Waals surface area contributed by atoms with Gasteiger partial charge in [0.05, 0.1) is 17.8 Å². The lowest BCUT2D eigenvalue weighted by molar-refractivity contribution is 0.0950. The number of aromatic nitrogens is 2. The molecular formula is C10H9FN4O2. The first-order valence-corrected chi connectivity index (χ1v) is 4.76. The molecule has 1 aromatic heterocycles. The maximum Gasteiger partial charge on any atom is 0.253 e. The molecule has 0 aliphatic carbocycles. The Hall–Kier alpha value is -2.44. The molecule has 0 radical (unpaired) electrons. The van der Waals surface area contributed by atoms with Crippen LogP contribution in [0.1, 0.15) is 16.2 Å². The predicted octanol–water partition coefficient (Wildman–Crippen LogP) is 0.721. The summed E-state index contributed by atoms with van der Waals surface area (Å²) in [6.07, 6.45) is 1.15. The highest BCUT2D eigenvalue weighted by Crippen LogP contribution is 2.15. The number of hydrogen-bond donors (Lipinski definition) is 2. The molecule has 0 aliphatic heterocycles. The minimum atomic E-state index is -0.628. The van der Waals surface area contributed by atoms with Crippen LogP contribution in [0.25, 0.3) is 0 Å². The fraction of sp³-hybridized carbons (Fsp3) is 0.100. The third kappa shape index (κ3) is 2.39. The summed E-state index contributed by atoms with van der Waals surface area (Å²) in [6.45, 7) is 0.0886. The van der Waals surface area contributed by atoms with Gasteiger partial charge in [-0.25, -0.2) is 4.39 Å². The van der Waals surface area contributed by atoms with E-state index in [0.29, 0.717) is 5.82 Å². The first-order chi connectivity index (χ1) is 8.18. The molecule has 17 heavy (non-hydrogen) atoms. The van der Waals surface area contributed by atoms with Crippen LogP contribution in [-0.2, 0) is 6.54 Å². The molecular weight excluding hydrogens is 227 g/mol. The number of hydrogen-bond acceptors (Lipinski definition) is 5. The average Bonchev–Trinajstić information content (AvgIpc) is 2.82. The molecule has 0 bridgehead atoms. The van der Waals surface area contributed by atoms with Crippen molar-refractivity contribution in [2.75, 3.05) is 5.73 Å². The number of anilines is 1. The molecule has 1 amide bonds. The van der Waals surface area contributed by atoms with Gasteiger partial charge in [0.15, 0.2) is 5.82 Å². The summed E-state index contributed by atoms with van der Waals surface area (Å²) in [6, 6.07) is 4.03. The summed E-state index contributed by atoms with van der Waals surface area (Å²) in [5, 5.41) is 6.01. The van der Waals surface area contributed by atoms with Crippen molar-refractivity contribution >= 4 is 11.6 Å². The maximum absolute atomic E-state index is 13.1. The van der Waals surface area contributed by atoms with Crippen LogP contribution in [0, 0.1) is 5.82 Å². The van der Waals surface area contributed by atoms with Gasteiger partial charge in [-0.3, -0.25) is 4.79 Å². The number of nitrogens with two attached hydrogens (primary N) is 1. The van der Waals surface area contributed by atoms with Crippen LogP contribution >= 0.6 is 0 Å². The molecule has 0 atom stereocenters. The van der Waals surface area contributed by atoms with Crippen molar-refractivity contribution in [3.05, 3.63) is 41.8 Å². The van der Waals surface area contributed by atoms with Crippen LogP contribution < -0.4 is 11.1 Å². The number of amides is 1. The minimum Gasteiger partial charge on any atom is -0.396 e. The normalized spacial score (nSPS) is 10.2. The fourth-order valence-corrected chi connectivity index (χ4v) is 1.26. The molecule has 7 heteroatoms. The van der Waals surface area contributed by atoms with E-state index < -0.39 is 11.7 Å². The highest BCUT2D eigenvalue weighted by Gasteiger charge is 2.12. The van der Waals surface area contributed by atoms with Crippen molar-refractivity contribution in [3.63, 3.8) is 0 Å². The molecule has 0 fully saturated rings. The molecule has 0 saturated carbocycles. The van der Waals surface area contributed by atoms with Crippen LogP contribution in [0.3, 0.4) is 0 Å². The second kappa shape index (κ2) is 4.60. The molecule has 0 aliphatic rings. The van der Waals surface area contributed by atoms with E-state index in [4.69, 9.17) is 5.73 Å². The Morgan fingerprint density at radius 2 is 2.35 bits per heavy atom. The number of para-hydroxylation sites is 1. The third-order valence-corrected chi connectivity index (χ3v) is 2.11. The molecule has 1 heterocycles. The number of benzene rings is 1. The highest BCUT2D eigenvalue weighted by molar-refractivity contribution is 5.99. The van der Waals surface area contributed by atoms with Gasteiger partial charge in [0, 0.05) is 0 Å². The lowest BCUT2D eigenvalue weighted by atomic mass is 10.1. The van der Waals surface area contributed by atoms with Gasteiger partial charge in [-0.2, -0.15) is 4.98 Å². The number of rotatable bonds is 3. The van der Waals surface area contributed by atoms with E-state index in [1.165, 1.54) is 18.2 Å². The summed E-state index contributed by atoms with van der Waals surface area (Å²) in [5.74, 6) is -0.794. The summed E-state index contributed by atoms with van der Waals surface area (Å²) >= 11 is 0. The van der Waals surface area contributed by atoms with Crippen molar-refractivity contribution in [2.45, 2.75) is 6.54 Å². The molecule has 2 rings (SSSR count). The van der Waals surface area contributed by atoms with Crippen molar-refractivity contribution in [2.24, 2.45) is 0 Å². The Balaban J connectivity index is 2.07. The standard InChI is InChI=1S/C10H9FN4O2/c11-7-3-1-2-6(9(7)12)10(16)13-4-8-14-5-17-15-8/h1-3,5H,4,12H2,(H,13,16). The lowest BCUT2D eigenvalue weighted by Gasteiger charge is -2.06. The minimum absolute atomic E-state index is 0.0773. The SMILES string of the molecule is Nc1c(F)cccc1C(=O)NCc1ncon1. The Labute approximate surface area is 95.6 Å². The van der Waals surface area contributed by atoms with Crippen molar-refractivity contribution < 1.29 is 13.7 Å². The van der Waals surface area contributed by atoms with Gasteiger partial charge in [0.2, 0.25) is 6.39 Å². The Kier molecular flexibility index (Phi) is 2.99. The number of nitrogens with one attached hydrogen (secondary N) is 1. The molecule has 0 saturated heterocycles. The number of carbonyl (C=O) groups is 1. The monoisotopic (exact) mass is 236 g/mol. The van der Waals surface area contributed by atoms with Gasteiger partial charge in [0.1, 0.15) is 5.82 Å². The quantitative estimate of drug-likeness (QED) is 0.766. The zero-order chi connectivity index (χ0) is 12.3. The fourth-order valence-electron chi connectivity index (χ4n) is 1.26. The summed E-state index contributed by atoms with van der Waals surface area (Å²) < 4.78 is 17.6. The molecule has 0 spiro atoms. The zero-order valence-electron chi connectivity index (χ0n) is 8.68. The van der Waals surface area contributed by atoms with E-state index in [-0.39, 0.29) is 17.8 Å². The van der Waals surface area contributed by atoms with E-state index in [1.54, 1.807) is 0 Å². The van der Waals surface area contributed by atoms with Crippen molar-refractivity contribution in [1.82, 2.24) is 15.5 Å². The molecule has 2 aromatic rings. The second-order valence-corrected chi connectivity index (χ2v) is 3.23. The zero-order valence-corrected chi connectivity index (χ0v) is 8.68. The predicted molar refractivity (Wildman–Crippen MR) is 56.3 cm³/mol. The average molecular weight is 236 g/mol. The maximum atomic E-state index is 13.1. The summed E-state index contributed by atoms with van der Waals surface area (Å²) in [7, 11) is 0. The van der Waals surface area contributed by atoms with Gasteiger partial charge in [0.25, 0.3) is 5.91 Å². The van der Waals surface area contributed by atoms with Crippen LogP contribution in [-0.4, -0.2) is 16.0 Å². The number of nitrogen functional groups attached to an aromatic ring is 1. The summed E-state index contributed by atoms with van der Waals surface area (Å²) in [4.78, 5) is 15.4. The molecule has 6 nitrogen and oxygen atoms in total. The first kappa shape index (κ1) is 11.1. The van der Waals surface area contributed by atoms with Gasteiger partial charge in [-0.15, -0.1) is 0 Å². The molecule has 88 valence electrons. The smallest absolute Gasteiger partial charge is 0.253 e. The van der Waals surface area contributed by atoms with Crippen molar-refractivity contribution in [3.8, 4) is 0 Å². The molecule has 0 unspecified atom stereocenters. The van der Waals surface area contributed by atoms with E-state index >= 15 is 0 Å². The topological polar surface area (TPSA) is 94.0 Å². The van der Waals surface area contributed by atoms with E-state index in [1.807, 2.05) is 0 Å². The Bertz CT molecular complexity index is 527. The lowest BCUT2D eigenvalue weighted by Crippen LogP contribution is -2.24. The second-order valence-electron chi connectivity index (χ2n) is 3.23. The molecule has 3 N–H and O–H groups in total. The molecule has 1 aromatic carbocycles. The van der Waals surface area contributed by atoms with Gasteiger partial charge >= 0.3 is 0 Å². The number of carbonyl (C=O) groups excluding carboxylic acids is 1. The first-order valence-electron chi connectivity index (χ1n) is 4.76. The van der Waals surface area contributed by atoms with Crippen molar-refractivity contribution in [1.29, 1.82) is 0 Å². The van der Waals surface area contributed by atoms with E-state index in [2.05, 4.69) is 20.0 Å². The number of nitrogens with zero attached hydrogens (tertiary/aromatic N) is 2. The van der Waals surface area contributed by atoms with Crippen LogP contribution in [0.15, 0.2) is 29.1 Å². The third-order valence-electron chi connectivity index (χ3n) is 2.11. The Morgan fingerprint density at radius 1 is 1.53 bits per heavy atom. The van der Waals surface area contributed by atoms with Crippen LogP contribution in [0.4, 0.5) is 10.1 Å². The van der Waals surface area contributed by atoms with E-state index in [9.17, 15) is 9.18 Å². The summed E-state index contributed by atoms with van der Waals surface area (Å²) in [5.41, 5.74) is 5.34. The highest BCUT2D eigenvalue weighted by atomic mass is 19.1. The van der Waals surface area contributed by atoms with Gasteiger partial charge < -0.3 is 15.6 Å². The number of halogens is 1. The van der Waals surface area contributed by atoms with E-state index in [0.717, 1.165) is 6.39 Å².